The van der Waals surface area contributed by atoms with Crippen LogP contribution in [0.4, 0.5) is 5.69 Å². The van der Waals surface area contributed by atoms with Crippen LogP contribution in [0.5, 0.6) is 0 Å². The molecule has 8 nitrogen and oxygen atoms in total. The van der Waals surface area contributed by atoms with Crippen molar-refractivity contribution < 1.29 is 20.1 Å². The van der Waals surface area contributed by atoms with Crippen LogP contribution >= 0.6 is 11.6 Å². The Hall–Kier alpha value is -1.19. The molecule has 0 spiro atoms. The number of aliphatic hydroxyl groups excluding tert-OH is 3. The van der Waals surface area contributed by atoms with Crippen molar-refractivity contribution in [3.05, 3.63) is 21.6 Å². The fraction of sp³-hybridized carbons (Fsp3) is 0.556. The maximum Gasteiger partial charge on any atom is 0.271 e. The van der Waals surface area contributed by atoms with Crippen LogP contribution in [0.2, 0.25) is 5.15 Å². The lowest BCUT2D eigenvalue weighted by atomic mass is 10.1. The maximum atomic E-state index is 11.7. The zero-order valence-electron chi connectivity index (χ0n) is 9.10. The van der Waals surface area contributed by atoms with Crippen LogP contribution in [0, 0.1) is 0 Å². The van der Waals surface area contributed by atoms with Gasteiger partial charge in [0.2, 0.25) is 0 Å². The van der Waals surface area contributed by atoms with Crippen molar-refractivity contribution in [2.45, 2.75) is 24.5 Å². The van der Waals surface area contributed by atoms with Crippen molar-refractivity contribution >= 4 is 17.3 Å². The second-order valence-corrected chi connectivity index (χ2v) is 4.26. The summed E-state index contributed by atoms with van der Waals surface area (Å²) in [5.74, 6) is 0. The molecule has 9 heteroatoms. The average Bonchev–Trinajstić information content (AvgIpc) is 2.61. The van der Waals surface area contributed by atoms with E-state index in [0.717, 1.165) is 10.7 Å². The Bertz CT molecular complexity index is 507. The third-order valence-electron chi connectivity index (χ3n) is 2.70. The maximum absolute atomic E-state index is 11.7. The number of nitrogen functional groups attached to an aromatic ring is 1. The molecular weight excluding hydrogens is 266 g/mol. The summed E-state index contributed by atoms with van der Waals surface area (Å²) in [4.78, 5) is 11.7. The zero-order chi connectivity index (χ0) is 13.4. The normalized spacial score (nSPS) is 31.8. The summed E-state index contributed by atoms with van der Waals surface area (Å²) in [7, 11) is 0. The minimum absolute atomic E-state index is 0.00431. The number of aliphatic hydroxyl groups is 3. The van der Waals surface area contributed by atoms with E-state index in [4.69, 9.17) is 27.2 Å². The van der Waals surface area contributed by atoms with E-state index in [0.29, 0.717) is 0 Å². The fourth-order valence-electron chi connectivity index (χ4n) is 1.72. The van der Waals surface area contributed by atoms with Gasteiger partial charge in [0.1, 0.15) is 18.3 Å². The summed E-state index contributed by atoms with van der Waals surface area (Å²) in [5, 5.41) is 31.8. The van der Waals surface area contributed by atoms with Crippen molar-refractivity contribution in [1.29, 1.82) is 0 Å². The number of ether oxygens (including phenoxy) is 1. The lowest BCUT2D eigenvalue weighted by Crippen LogP contribution is -2.36. The molecule has 1 aliphatic heterocycles. The highest BCUT2D eigenvalue weighted by molar-refractivity contribution is 6.31. The fourth-order valence-corrected chi connectivity index (χ4v) is 1.86. The molecule has 0 amide bonds. The Morgan fingerprint density at radius 2 is 2.17 bits per heavy atom. The van der Waals surface area contributed by atoms with Crippen LogP contribution in [0.1, 0.15) is 6.23 Å². The van der Waals surface area contributed by atoms with Crippen LogP contribution in [0.15, 0.2) is 10.9 Å². The number of nitrogens with zero attached hydrogens (tertiary/aromatic N) is 2. The molecule has 5 N–H and O–H groups in total. The molecule has 1 aliphatic rings. The first kappa shape index (κ1) is 13.2. The number of anilines is 1. The Kier molecular flexibility index (Phi) is 3.55. The number of nitrogens with two attached hydrogens (primary N) is 1. The van der Waals surface area contributed by atoms with Gasteiger partial charge in [-0.3, -0.25) is 4.79 Å². The van der Waals surface area contributed by atoms with Gasteiger partial charge in [0.25, 0.3) is 5.56 Å². The van der Waals surface area contributed by atoms with Crippen molar-refractivity contribution in [2.75, 3.05) is 12.3 Å². The van der Waals surface area contributed by atoms with Gasteiger partial charge in [0.05, 0.1) is 12.3 Å². The van der Waals surface area contributed by atoms with Gasteiger partial charge >= 0.3 is 0 Å². The quantitative estimate of drug-likeness (QED) is 0.496. The van der Waals surface area contributed by atoms with E-state index in [2.05, 4.69) is 5.10 Å². The van der Waals surface area contributed by atoms with E-state index >= 15 is 0 Å². The number of rotatable bonds is 2. The Balaban J connectivity index is 2.39. The average molecular weight is 278 g/mol. The zero-order valence-corrected chi connectivity index (χ0v) is 9.86. The first-order valence-electron chi connectivity index (χ1n) is 5.13. The molecule has 2 heterocycles. The molecule has 0 aromatic carbocycles. The summed E-state index contributed by atoms with van der Waals surface area (Å²) in [5.41, 5.74) is 4.77. The minimum atomic E-state index is -1.40. The molecule has 1 fully saturated rings. The van der Waals surface area contributed by atoms with E-state index in [-0.39, 0.29) is 10.8 Å². The summed E-state index contributed by atoms with van der Waals surface area (Å²) in [6.45, 7) is -0.494. The lowest BCUT2D eigenvalue weighted by molar-refractivity contribution is -0.0609. The highest BCUT2D eigenvalue weighted by Crippen LogP contribution is 2.28. The highest BCUT2D eigenvalue weighted by Gasteiger charge is 2.44. The molecule has 0 radical (unpaired) electrons. The van der Waals surface area contributed by atoms with E-state index in [1.54, 1.807) is 0 Å². The van der Waals surface area contributed by atoms with Crippen molar-refractivity contribution in [1.82, 2.24) is 9.78 Å². The topological polar surface area (TPSA) is 131 Å². The van der Waals surface area contributed by atoms with Crippen LogP contribution < -0.4 is 11.3 Å². The number of aromatic nitrogens is 2. The van der Waals surface area contributed by atoms with Crippen molar-refractivity contribution in [3.63, 3.8) is 0 Å². The number of hydrogen-bond acceptors (Lipinski definition) is 7. The first-order valence-corrected chi connectivity index (χ1v) is 5.50. The van der Waals surface area contributed by atoms with Crippen molar-refractivity contribution in [2.24, 2.45) is 0 Å². The van der Waals surface area contributed by atoms with E-state index in [1.807, 2.05) is 0 Å². The van der Waals surface area contributed by atoms with E-state index in [1.165, 1.54) is 0 Å². The van der Waals surface area contributed by atoms with Gasteiger partial charge < -0.3 is 25.8 Å². The molecule has 0 unspecified atom stereocenters. The number of hydrogen-bond donors (Lipinski definition) is 4. The second-order valence-electron chi connectivity index (χ2n) is 3.90. The Labute approximate surface area is 106 Å². The van der Waals surface area contributed by atoms with Gasteiger partial charge in [-0.25, -0.2) is 0 Å². The van der Waals surface area contributed by atoms with Crippen LogP contribution in [-0.4, -0.2) is 50.0 Å². The molecule has 1 aromatic rings. The number of halogens is 1. The molecule has 1 aromatic heterocycles. The lowest BCUT2D eigenvalue weighted by Gasteiger charge is -2.16. The van der Waals surface area contributed by atoms with Gasteiger partial charge in [-0.2, -0.15) is 9.78 Å². The highest BCUT2D eigenvalue weighted by atomic mass is 35.5. The molecule has 0 bridgehead atoms. The van der Waals surface area contributed by atoms with E-state index in [9.17, 15) is 15.0 Å². The third kappa shape index (κ3) is 2.08. The summed E-state index contributed by atoms with van der Waals surface area (Å²) in [6, 6.07) is 1.03. The van der Waals surface area contributed by atoms with Gasteiger partial charge in [-0.1, -0.05) is 11.6 Å². The standard InChI is InChI=1S/C9H12ClN3O5/c10-8-3(11)1-5(15)13(12-8)9-7(17)6(16)4(2-14)18-9/h1,4,6-7,9,14,16-17H,2,11H2/t4-,6-,7-,9-/m1/s1. The SMILES string of the molecule is Nc1cc(=O)n([C@@H]2O[C@H](CO)[C@@H](O)[C@H]2O)nc1Cl. The molecule has 4 atom stereocenters. The molecule has 100 valence electrons. The monoisotopic (exact) mass is 277 g/mol. The van der Waals surface area contributed by atoms with Gasteiger partial charge in [0.15, 0.2) is 11.4 Å². The van der Waals surface area contributed by atoms with Crippen LogP contribution in [-0.2, 0) is 4.74 Å². The largest absolute Gasteiger partial charge is 0.396 e. The van der Waals surface area contributed by atoms with Gasteiger partial charge in [-0.15, -0.1) is 0 Å². The van der Waals surface area contributed by atoms with Crippen LogP contribution in [0.3, 0.4) is 0 Å². The van der Waals surface area contributed by atoms with Crippen molar-refractivity contribution in [3.8, 4) is 0 Å². The van der Waals surface area contributed by atoms with Gasteiger partial charge in [0, 0.05) is 6.07 Å². The molecule has 18 heavy (non-hydrogen) atoms. The summed E-state index contributed by atoms with van der Waals surface area (Å²) >= 11 is 5.67. The molecule has 0 aliphatic carbocycles. The first-order chi connectivity index (χ1) is 8.45. The summed E-state index contributed by atoms with van der Waals surface area (Å²) < 4.78 is 5.93. The summed E-state index contributed by atoms with van der Waals surface area (Å²) in [6.07, 6.45) is -4.92. The molecular formula is C9H12ClN3O5. The Morgan fingerprint density at radius 1 is 1.50 bits per heavy atom. The van der Waals surface area contributed by atoms with Gasteiger partial charge in [-0.05, 0) is 0 Å². The smallest absolute Gasteiger partial charge is 0.271 e. The molecule has 2 rings (SSSR count). The van der Waals surface area contributed by atoms with E-state index < -0.39 is 36.7 Å². The predicted octanol–water partition coefficient (Wildman–Crippen LogP) is -1.91. The third-order valence-corrected chi connectivity index (χ3v) is 2.99. The minimum Gasteiger partial charge on any atom is -0.396 e. The molecule has 1 saturated heterocycles. The Morgan fingerprint density at radius 3 is 2.72 bits per heavy atom. The molecule has 0 saturated carbocycles. The van der Waals surface area contributed by atoms with Crippen LogP contribution in [0.25, 0.3) is 0 Å². The second kappa shape index (κ2) is 4.82. The predicted molar refractivity (Wildman–Crippen MR) is 60.9 cm³/mol.